The fourth-order valence-corrected chi connectivity index (χ4v) is 3.53. The van der Waals surface area contributed by atoms with E-state index in [1.165, 1.54) is 0 Å². The van der Waals surface area contributed by atoms with Gasteiger partial charge >= 0.3 is 12.4 Å². The third-order valence-corrected chi connectivity index (χ3v) is 4.77. The highest BCUT2D eigenvalue weighted by Crippen LogP contribution is 2.37. The Morgan fingerprint density at radius 1 is 0.963 bits per heavy atom. The Morgan fingerprint density at radius 3 is 1.96 bits per heavy atom. The van der Waals surface area contributed by atoms with Gasteiger partial charge in [-0.2, -0.15) is 26.3 Å². The molecule has 0 spiro atoms. The van der Waals surface area contributed by atoms with Crippen LogP contribution in [0.15, 0.2) is 18.2 Å². The molecule has 3 nitrogen and oxygen atoms in total. The zero-order valence-corrected chi connectivity index (χ0v) is 15.7. The van der Waals surface area contributed by atoms with Gasteiger partial charge in [-0.3, -0.25) is 0 Å². The Bertz CT molecular complexity index is 639. The topological polar surface area (TPSA) is 27.3 Å². The number of hydrogen-bond donors (Lipinski definition) is 2. The van der Waals surface area contributed by atoms with Crippen LogP contribution in [-0.4, -0.2) is 36.2 Å². The first-order chi connectivity index (χ1) is 12.4. The van der Waals surface area contributed by atoms with Crippen LogP contribution < -0.4 is 10.6 Å². The number of alkyl halides is 6. The molecule has 10 heteroatoms. The summed E-state index contributed by atoms with van der Waals surface area (Å²) in [4.78, 5) is 2.03. The average molecular weight is 413 g/mol. The third-order valence-electron chi connectivity index (χ3n) is 4.55. The Morgan fingerprint density at radius 2 is 1.48 bits per heavy atom. The van der Waals surface area contributed by atoms with Crippen molar-refractivity contribution < 1.29 is 26.3 Å². The average Bonchev–Trinajstić information content (AvgIpc) is 2.53. The molecule has 0 bridgehead atoms. The lowest BCUT2D eigenvalue weighted by Crippen LogP contribution is -2.52. The lowest BCUT2D eigenvalue weighted by molar-refractivity contribution is -0.143. The van der Waals surface area contributed by atoms with Gasteiger partial charge in [0.2, 0.25) is 0 Å². The molecule has 1 aliphatic carbocycles. The highest BCUT2D eigenvalue weighted by molar-refractivity contribution is 7.80. The molecule has 27 heavy (non-hydrogen) atoms. The van der Waals surface area contributed by atoms with E-state index < -0.39 is 23.5 Å². The van der Waals surface area contributed by atoms with Crippen LogP contribution in [0.5, 0.6) is 0 Å². The molecule has 152 valence electrons. The summed E-state index contributed by atoms with van der Waals surface area (Å²) in [6, 6.07) is 1.48. The maximum atomic E-state index is 12.9. The summed E-state index contributed by atoms with van der Waals surface area (Å²) in [5.41, 5.74) is -3.12. The van der Waals surface area contributed by atoms with Crippen LogP contribution in [0.2, 0.25) is 0 Å². The number of nitrogens with one attached hydrogen (secondary N) is 2. The minimum Gasteiger partial charge on any atom is -0.358 e. The Kier molecular flexibility index (Phi) is 6.62. The van der Waals surface area contributed by atoms with Crippen molar-refractivity contribution in [3.8, 4) is 0 Å². The van der Waals surface area contributed by atoms with Crippen LogP contribution in [0.25, 0.3) is 0 Å². The smallest absolute Gasteiger partial charge is 0.358 e. The number of likely N-dealkylation sites (N-methyl/N-ethyl adjacent to an activating group) is 1. The lowest BCUT2D eigenvalue weighted by Gasteiger charge is -2.37. The summed E-state index contributed by atoms with van der Waals surface area (Å²) in [7, 11) is 3.84. The van der Waals surface area contributed by atoms with Crippen LogP contribution in [0, 0.1) is 0 Å². The number of thiocarbonyl (C=S) groups is 1. The molecule has 0 amide bonds. The quantitative estimate of drug-likeness (QED) is 0.546. The van der Waals surface area contributed by atoms with Gasteiger partial charge in [0.1, 0.15) is 0 Å². The van der Waals surface area contributed by atoms with Gasteiger partial charge in [-0.15, -0.1) is 0 Å². The van der Waals surface area contributed by atoms with Crippen molar-refractivity contribution in [3.05, 3.63) is 29.3 Å². The van der Waals surface area contributed by atoms with Crippen molar-refractivity contribution in [2.75, 3.05) is 19.4 Å². The molecular formula is C17H21F6N3S. The summed E-state index contributed by atoms with van der Waals surface area (Å²) in [6.07, 6.45) is -6.00. The van der Waals surface area contributed by atoms with Crippen molar-refractivity contribution >= 4 is 23.0 Å². The summed E-state index contributed by atoms with van der Waals surface area (Å²) in [6.45, 7) is 0. The van der Waals surface area contributed by atoms with Gasteiger partial charge in [-0.25, -0.2) is 0 Å². The number of nitrogens with zero attached hydrogens (tertiary/aromatic N) is 1. The molecule has 0 heterocycles. The summed E-state index contributed by atoms with van der Waals surface area (Å²) >= 11 is 5.13. The maximum Gasteiger partial charge on any atom is 0.416 e. The molecule has 0 aromatic heterocycles. The van der Waals surface area contributed by atoms with Gasteiger partial charge in [-0.05, 0) is 57.4 Å². The molecule has 1 aromatic rings. The van der Waals surface area contributed by atoms with E-state index in [0.29, 0.717) is 12.1 Å². The molecule has 2 rings (SSSR count). The number of rotatable bonds is 3. The zero-order valence-electron chi connectivity index (χ0n) is 14.8. The second kappa shape index (κ2) is 8.22. The van der Waals surface area contributed by atoms with Crippen molar-refractivity contribution in [1.82, 2.24) is 10.2 Å². The van der Waals surface area contributed by atoms with E-state index >= 15 is 0 Å². The molecule has 1 fully saturated rings. The molecule has 1 aliphatic rings. The summed E-state index contributed by atoms with van der Waals surface area (Å²) in [5, 5.41) is 5.51. The zero-order chi connectivity index (χ0) is 20.4. The minimum absolute atomic E-state index is 0.00111. The molecular weight excluding hydrogens is 392 g/mol. The van der Waals surface area contributed by atoms with E-state index in [1.54, 1.807) is 0 Å². The van der Waals surface area contributed by atoms with Gasteiger partial charge in [0, 0.05) is 17.8 Å². The van der Waals surface area contributed by atoms with Gasteiger partial charge < -0.3 is 15.5 Å². The molecule has 2 N–H and O–H groups in total. The monoisotopic (exact) mass is 413 g/mol. The molecule has 2 atom stereocenters. The number of anilines is 1. The van der Waals surface area contributed by atoms with Crippen molar-refractivity contribution in [2.24, 2.45) is 0 Å². The van der Waals surface area contributed by atoms with E-state index in [4.69, 9.17) is 12.2 Å². The first-order valence-electron chi connectivity index (χ1n) is 8.41. The van der Waals surface area contributed by atoms with Gasteiger partial charge in [0.25, 0.3) is 0 Å². The van der Waals surface area contributed by atoms with Gasteiger partial charge in [0.05, 0.1) is 11.1 Å². The lowest BCUT2D eigenvalue weighted by atomic mass is 9.90. The highest BCUT2D eigenvalue weighted by Gasteiger charge is 2.37. The number of hydrogen-bond acceptors (Lipinski definition) is 2. The van der Waals surface area contributed by atoms with Crippen LogP contribution in [0.3, 0.4) is 0 Å². The van der Waals surface area contributed by atoms with Crippen molar-refractivity contribution in [1.29, 1.82) is 0 Å². The number of benzene rings is 1. The molecule has 1 unspecified atom stereocenters. The third kappa shape index (κ3) is 5.97. The summed E-state index contributed by atoms with van der Waals surface area (Å²) < 4.78 is 77.6. The van der Waals surface area contributed by atoms with Crippen molar-refractivity contribution in [2.45, 2.75) is 50.1 Å². The largest absolute Gasteiger partial charge is 0.416 e. The Hall–Kier alpha value is -1.55. The highest BCUT2D eigenvalue weighted by atomic mass is 32.1. The Balaban J connectivity index is 2.19. The molecule has 0 aliphatic heterocycles. The molecule has 1 aromatic carbocycles. The van der Waals surface area contributed by atoms with E-state index in [2.05, 4.69) is 10.6 Å². The van der Waals surface area contributed by atoms with Crippen LogP contribution >= 0.6 is 12.2 Å². The molecule has 0 radical (unpaired) electrons. The van der Waals surface area contributed by atoms with E-state index in [1.807, 2.05) is 19.0 Å². The second-order valence-corrected chi connectivity index (χ2v) is 7.22. The van der Waals surface area contributed by atoms with E-state index in [9.17, 15) is 26.3 Å². The first-order valence-corrected chi connectivity index (χ1v) is 8.82. The fourth-order valence-electron chi connectivity index (χ4n) is 3.26. The first kappa shape index (κ1) is 21.7. The SMILES string of the molecule is CN(C)[C@@H]1CCCCC1NC(=S)Nc1cc(C(F)(F)F)cc(C(F)(F)F)c1. The Labute approximate surface area is 159 Å². The van der Waals surface area contributed by atoms with Gasteiger partial charge in [0.15, 0.2) is 5.11 Å². The van der Waals surface area contributed by atoms with E-state index in [0.717, 1.165) is 25.7 Å². The van der Waals surface area contributed by atoms with Crippen LogP contribution in [-0.2, 0) is 12.4 Å². The van der Waals surface area contributed by atoms with Gasteiger partial charge in [-0.1, -0.05) is 12.8 Å². The maximum absolute atomic E-state index is 12.9. The summed E-state index contributed by atoms with van der Waals surface area (Å²) in [5.74, 6) is 0. The standard InChI is InChI=1S/C17H21F6N3S/c1-26(2)14-6-4-3-5-13(14)25-15(27)24-12-8-10(16(18,19)20)7-11(9-12)17(21,22)23/h7-9,13-14H,3-6H2,1-2H3,(H2,24,25,27)/t13?,14-/m1/s1. The van der Waals surface area contributed by atoms with Crippen molar-refractivity contribution in [3.63, 3.8) is 0 Å². The fraction of sp³-hybridized carbons (Fsp3) is 0.588. The number of halogens is 6. The predicted octanol–water partition coefficient (Wildman–Crippen LogP) is 4.88. The van der Waals surface area contributed by atoms with E-state index in [-0.39, 0.29) is 28.9 Å². The minimum atomic E-state index is -4.90. The second-order valence-electron chi connectivity index (χ2n) is 6.81. The molecule has 1 saturated carbocycles. The van der Waals surface area contributed by atoms with Crippen LogP contribution in [0.1, 0.15) is 36.8 Å². The predicted molar refractivity (Wildman–Crippen MR) is 95.5 cm³/mol. The molecule has 0 saturated heterocycles. The van der Waals surface area contributed by atoms with Crippen LogP contribution in [0.4, 0.5) is 32.0 Å². The normalized spacial score (nSPS) is 21.2.